The number of phosphoric acid groups is 2. The summed E-state index contributed by atoms with van der Waals surface area (Å²) in [5.74, 6) is -0.530. The van der Waals surface area contributed by atoms with E-state index in [1.54, 1.807) is 0 Å². The van der Waals surface area contributed by atoms with E-state index < -0.39 is 58.4 Å². The van der Waals surface area contributed by atoms with E-state index in [0.29, 0.717) is 0 Å². The zero-order valence-corrected chi connectivity index (χ0v) is 15.8. The normalized spacial score (nSPS) is 27.4. The van der Waals surface area contributed by atoms with E-state index in [9.17, 15) is 33.8 Å². The highest BCUT2D eigenvalue weighted by Crippen LogP contribution is 2.57. The van der Waals surface area contributed by atoms with Gasteiger partial charge < -0.3 is 34.9 Å². The lowest BCUT2D eigenvalue weighted by Gasteiger charge is -2.18. The maximum atomic E-state index is 12.0. The number of carbonyl (C=O) groups excluding carboxylic acids is 1. The average Bonchev–Trinajstić information content (AvgIpc) is 2.78. The summed E-state index contributed by atoms with van der Waals surface area (Å²) in [5.41, 5.74) is -0.943. The van der Waals surface area contributed by atoms with Gasteiger partial charge in [0.15, 0.2) is 6.23 Å². The van der Waals surface area contributed by atoms with E-state index in [1.165, 1.54) is 13.0 Å². The quantitative estimate of drug-likeness (QED) is 0.251. The van der Waals surface area contributed by atoms with E-state index in [-0.39, 0.29) is 5.82 Å². The molecule has 158 valence electrons. The smallest absolute Gasteiger partial charge is 0.387 e. The van der Waals surface area contributed by atoms with Gasteiger partial charge in [-0.25, -0.2) is 13.9 Å². The van der Waals surface area contributed by atoms with Gasteiger partial charge in [-0.1, -0.05) is 0 Å². The van der Waals surface area contributed by atoms with Crippen molar-refractivity contribution in [2.75, 3.05) is 11.9 Å². The van der Waals surface area contributed by atoms with E-state index >= 15 is 0 Å². The van der Waals surface area contributed by atoms with Gasteiger partial charge in [0.2, 0.25) is 5.91 Å². The second-order valence-corrected chi connectivity index (χ2v) is 8.40. The van der Waals surface area contributed by atoms with Gasteiger partial charge in [-0.05, 0) is 6.07 Å². The molecule has 1 aliphatic rings. The molecule has 0 saturated carbocycles. The van der Waals surface area contributed by atoms with Crippen LogP contribution < -0.4 is 11.0 Å². The van der Waals surface area contributed by atoms with Crippen molar-refractivity contribution in [1.29, 1.82) is 0 Å². The monoisotopic (exact) mass is 445 g/mol. The van der Waals surface area contributed by atoms with Crippen molar-refractivity contribution >= 4 is 27.4 Å². The predicted molar refractivity (Wildman–Crippen MR) is 87.6 cm³/mol. The first-order chi connectivity index (χ1) is 12.8. The first-order valence-electron chi connectivity index (χ1n) is 7.42. The van der Waals surface area contributed by atoms with Gasteiger partial charge in [-0.2, -0.15) is 9.29 Å². The Balaban J connectivity index is 2.10. The standard InChI is InChI=1S/C11H17N3O12P2/c1-5(15)12-7-2-3-14(11(18)13-7)10-9(17)8(16)6(25-10)4-24-28(22,23)26-27(19,20)21/h2-3,6,8-10,16-17H,4H2,1H3,(H,22,23)(H2,19,20,21)(H,12,13,15,18)/t6-,8-,9-,10-/m1/s1. The molecule has 0 aliphatic carbocycles. The Morgan fingerprint density at radius 1 is 1.32 bits per heavy atom. The fourth-order valence-electron chi connectivity index (χ4n) is 2.28. The second-order valence-electron chi connectivity index (χ2n) is 5.57. The van der Waals surface area contributed by atoms with Crippen molar-refractivity contribution < 1.29 is 52.4 Å². The lowest BCUT2D eigenvalue weighted by Crippen LogP contribution is -2.36. The highest BCUT2D eigenvalue weighted by molar-refractivity contribution is 7.60. The predicted octanol–water partition coefficient (Wildman–Crippen LogP) is -1.95. The minimum absolute atomic E-state index is 0.0579. The summed E-state index contributed by atoms with van der Waals surface area (Å²) >= 11 is 0. The number of hydrogen-bond acceptors (Lipinski definition) is 10. The van der Waals surface area contributed by atoms with Gasteiger partial charge in [0.05, 0.1) is 6.61 Å². The minimum Gasteiger partial charge on any atom is -0.387 e. The summed E-state index contributed by atoms with van der Waals surface area (Å²) in [6.45, 7) is 0.294. The third-order valence-electron chi connectivity index (χ3n) is 3.36. The third kappa shape index (κ3) is 5.99. The summed E-state index contributed by atoms with van der Waals surface area (Å²) in [4.78, 5) is 52.8. The molecule has 0 bridgehead atoms. The third-order valence-corrected chi connectivity index (χ3v) is 5.51. The van der Waals surface area contributed by atoms with Crippen molar-refractivity contribution in [2.45, 2.75) is 31.5 Å². The number of rotatable bonds is 7. The molecule has 1 aromatic heterocycles. The van der Waals surface area contributed by atoms with Crippen LogP contribution in [0.1, 0.15) is 13.2 Å². The molecule has 1 aliphatic heterocycles. The fraction of sp³-hybridized carbons (Fsp3) is 0.545. The van der Waals surface area contributed by atoms with Crippen molar-refractivity contribution in [2.24, 2.45) is 0 Å². The van der Waals surface area contributed by atoms with Crippen LogP contribution in [0.4, 0.5) is 5.82 Å². The Morgan fingerprint density at radius 2 is 1.96 bits per heavy atom. The summed E-state index contributed by atoms with van der Waals surface area (Å²) in [6, 6.07) is 1.23. The van der Waals surface area contributed by atoms with Crippen LogP contribution in [-0.2, 0) is 27.5 Å². The van der Waals surface area contributed by atoms with E-state index in [2.05, 4.69) is 19.1 Å². The zero-order chi connectivity index (χ0) is 21.3. The summed E-state index contributed by atoms with van der Waals surface area (Å²) in [5, 5.41) is 22.3. The van der Waals surface area contributed by atoms with Crippen LogP contribution in [0.15, 0.2) is 17.1 Å². The molecule has 28 heavy (non-hydrogen) atoms. The van der Waals surface area contributed by atoms with Gasteiger partial charge in [-0.3, -0.25) is 13.9 Å². The molecule has 0 radical (unpaired) electrons. The molecule has 17 heteroatoms. The minimum atomic E-state index is -5.33. The van der Waals surface area contributed by atoms with Crippen LogP contribution in [0.5, 0.6) is 0 Å². The van der Waals surface area contributed by atoms with Gasteiger partial charge >= 0.3 is 21.3 Å². The number of carbonyl (C=O) groups is 1. The fourth-order valence-corrected chi connectivity index (χ4v) is 3.88. The molecule has 1 unspecified atom stereocenters. The van der Waals surface area contributed by atoms with Gasteiger partial charge in [0.1, 0.15) is 24.1 Å². The Morgan fingerprint density at radius 3 is 2.50 bits per heavy atom. The van der Waals surface area contributed by atoms with Crippen molar-refractivity contribution in [3.05, 3.63) is 22.7 Å². The molecule has 15 nitrogen and oxygen atoms in total. The van der Waals surface area contributed by atoms with Crippen LogP contribution in [0.3, 0.4) is 0 Å². The second kappa shape index (κ2) is 8.47. The molecule has 0 aromatic carbocycles. The molecule has 2 rings (SSSR count). The lowest BCUT2D eigenvalue weighted by atomic mass is 10.1. The number of ether oxygens (including phenoxy) is 1. The van der Waals surface area contributed by atoms with Crippen LogP contribution in [0.2, 0.25) is 0 Å². The molecule has 1 fully saturated rings. The number of hydrogen-bond donors (Lipinski definition) is 6. The number of anilines is 1. The number of aromatic nitrogens is 2. The average molecular weight is 445 g/mol. The van der Waals surface area contributed by atoms with E-state index in [0.717, 1.165) is 10.8 Å². The number of phosphoric ester groups is 1. The summed E-state index contributed by atoms with van der Waals surface area (Å²) in [7, 11) is -10.5. The molecule has 6 N–H and O–H groups in total. The highest BCUT2D eigenvalue weighted by atomic mass is 31.3. The lowest BCUT2D eigenvalue weighted by molar-refractivity contribution is -0.114. The van der Waals surface area contributed by atoms with Crippen LogP contribution >= 0.6 is 15.6 Å². The Kier molecular flexibility index (Phi) is 6.89. The maximum Gasteiger partial charge on any atom is 0.481 e. The zero-order valence-electron chi connectivity index (χ0n) is 14.1. The number of nitrogens with zero attached hydrogens (tertiary/aromatic N) is 2. The molecule has 1 aromatic rings. The largest absolute Gasteiger partial charge is 0.481 e. The first kappa shape index (κ1) is 22.8. The molecule has 1 saturated heterocycles. The van der Waals surface area contributed by atoms with Crippen LogP contribution in [-0.4, -0.2) is 65.3 Å². The van der Waals surface area contributed by atoms with Gasteiger partial charge in [0, 0.05) is 13.1 Å². The molecule has 2 heterocycles. The van der Waals surface area contributed by atoms with Crippen molar-refractivity contribution in [3.8, 4) is 0 Å². The topological polar surface area (TPSA) is 227 Å². The number of nitrogens with one attached hydrogen (secondary N) is 1. The molecular weight excluding hydrogens is 428 g/mol. The number of aliphatic hydroxyl groups excluding tert-OH is 2. The van der Waals surface area contributed by atoms with Crippen LogP contribution in [0.25, 0.3) is 0 Å². The van der Waals surface area contributed by atoms with Crippen molar-refractivity contribution in [1.82, 2.24) is 9.55 Å². The van der Waals surface area contributed by atoms with Crippen LogP contribution in [0, 0.1) is 0 Å². The molecule has 0 spiro atoms. The first-order valence-corrected chi connectivity index (χ1v) is 10.4. The Hall–Kier alpha value is -1.51. The molecule has 5 atom stereocenters. The van der Waals surface area contributed by atoms with Gasteiger partial charge in [0.25, 0.3) is 0 Å². The summed E-state index contributed by atoms with van der Waals surface area (Å²) < 4.78 is 36.0. The summed E-state index contributed by atoms with van der Waals surface area (Å²) in [6.07, 6.45) is -5.17. The number of amides is 1. The molecular formula is C11H17N3O12P2. The molecule has 1 amide bonds. The number of aliphatic hydroxyl groups is 2. The highest BCUT2D eigenvalue weighted by Gasteiger charge is 2.45. The SMILES string of the molecule is CC(=O)Nc1ccn([C@@H]2O[C@H](COP(=O)(O)OP(=O)(O)O)[C@@H](O)[C@H]2O)c(=O)n1. The van der Waals surface area contributed by atoms with E-state index in [4.69, 9.17) is 14.5 Å². The van der Waals surface area contributed by atoms with E-state index in [1.807, 2.05) is 0 Å². The van der Waals surface area contributed by atoms with Crippen molar-refractivity contribution in [3.63, 3.8) is 0 Å². The van der Waals surface area contributed by atoms with Gasteiger partial charge in [-0.15, -0.1) is 0 Å². The maximum absolute atomic E-state index is 12.0. The Labute approximate surface area is 156 Å². The Bertz CT molecular complexity index is 884.